The molecule has 2 atom stereocenters. The second kappa shape index (κ2) is 8.85. The lowest BCUT2D eigenvalue weighted by atomic mass is 10.0. The molecular weight excluding hydrogens is 320 g/mol. The highest BCUT2D eigenvalue weighted by Gasteiger charge is 2.34. The topological polar surface area (TPSA) is 67.9 Å². The Hall–Kier alpha value is -2.08. The summed E-state index contributed by atoms with van der Waals surface area (Å²) < 4.78 is 10.7. The van der Waals surface area contributed by atoms with Crippen LogP contribution >= 0.6 is 0 Å². The summed E-state index contributed by atoms with van der Waals surface area (Å²) in [7, 11) is 1.60. The maximum absolute atomic E-state index is 12.6. The van der Waals surface area contributed by atoms with E-state index in [1.807, 2.05) is 39.0 Å². The van der Waals surface area contributed by atoms with Crippen molar-refractivity contribution >= 4 is 11.8 Å². The Kier molecular flexibility index (Phi) is 6.82. The predicted molar refractivity (Wildman–Crippen MR) is 95.5 cm³/mol. The van der Waals surface area contributed by atoms with Gasteiger partial charge in [0.25, 0.3) is 0 Å². The van der Waals surface area contributed by atoms with E-state index in [0.29, 0.717) is 26.3 Å². The fraction of sp³-hybridized carbons (Fsp3) is 0.579. The smallest absolute Gasteiger partial charge is 0.225 e. The number of rotatable bonds is 8. The summed E-state index contributed by atoms with van der Waals surface area (Å²) in [5.74, 6) is 0.386. The number of carbonyl (C=O) groups is 2. The Morgan fingerprint density at radius 3 is 2.88 bits per heavy atom. The number of hydrogen-bond donors (Lipinski definition) is 1. The third kappa shape index (κ3) is 4.95. The van der Waals surface area contributed by atoms with Crippen LogP contribution in [0.4, 0.5) is 0 Å². The molecule has 0 spiro atoms. The van der Waals surface area contributed by atoms with Crippen LogP contribution in [-0.2, 0) is 14.3 Å². The van der Waals surface area contributed by atoms with Gasteiger partial charge < -0.3 is 19.7 Å². The van der Waals surface area contributed by atoms with Crippen molar-refractivity contribution in [2.45, 2.75) is 33.2 Å². The van der Waals surface area contributed by atoms with E-state index in [2.05, 4.69) is 5.32 Å². The lowest BCUT2D eigenvalue weighted by Gasteiger charge is -2.21. The molecule has 1 heterocycles. The molecular formula is C19H28N2O4. The van der Waals surface area contributed by atoms with E-state index in [1.165, 1.54) is 0 Å². The third-order valence-corrected chi connectivity index (χ3v) is 4.44. The molecule has 1 N–H and O–H groups in total. The first-order chi connectivity index (χ1) is 12.0. The third-order valence-electron chi connectivity index (χ3n) is 4.44. The highest BCUT2D eigenvalue weighted by Crippen LogP contribution is 2.27. The molecule has 0 radical (unpaired) electrons. The molecule has 1 aliphatic rings. The van der Waals surface area contributed by atoms with Crippen LogP contribution in [0.5, 0.6) is 5.75 Å². The normalized spacial score (nSPS) is 18.3. The molecule has 25 heavy (non-hydrogen) atoms. The first kappa shape index (κ1) is 19.2. The first-order valence-corrected chi connectivity index (χ1v) is 8.76. The Morgan fingerprint density at radius 2 is 2.20 bits per heavy atom. The van der Waals surface area contributed by atoms with Crippen molar-refractivity contribution in [1.29, 1.82) is 0 Å². The number of carbonyl (C=O) groups excluding carboxylic acids is 2. The monoisotopic (exact) mass is 348 g/mol. The minimum absolute atomic E-state index is 0.00964. The maximum atomic E-state index is 12.6. The Labute approximate surface area is 149 Å². The quantitative estimate of drug-likeness (QED) is 0.781. The Morgan fingerprint density at radius 1 is 1.44 bits per heavy atom. The van der Waals surface area contributed by atoms with Crippen molar-refractivity contribution in [3.63, 3.8) is 0 Å². The Balaban J connectivity index is 2.01. The van der Waals surface area contributed by atoms with Gasteiger partial charge in [-0.25, -0.2) is 0 Å². The summed E-state index contributed by atoms with van der Waals surface area (Å²) in [6, 6.07) is 5.77. The maximum Gasteiger partial charge on any atom is 0.225 e. The van der Waals surface area contributed by atoms with Gasteiger partial charge in [0.2, 0.25) is 11.8 Å². The standard InChI is InChI=1S/C19H28N2O4/c1-5-25-17-7-6-13(2)10-16(17)14(3)20-19(23)15-11-18(22)21(12-15)8-9-24-4/h6-7,10,14-15H,5,8-9,11-12H2,1-4H3,(H,20,23). The fourth-order valence-electron chi connectivity index (χ4n) is 3.07. The molecule has 138 valence electrons. The molecule has 1 aliphatic heterocycles. The Bertz CT molecular complexity index is 617. The summed E-state index contributed by atoms with van der Waals surface area (Å²) in [4.78, 5) is 26.3. The molecule has 1 aromatic carbocycles. The van der Waals surface area contributed by atoms with Crippen LogP contribution in [0.25, 0.3) is 0 Å². The minimum atomic E-state index is -0.313. The summed E-state index contributed by atoms with van der Waals surface area (Å²) in [5.41, 5.74) is 2.07. The van der Waals surface area contributed by atoms with E-state index in [4.69, 9.17) is 9.47 Å². The minimum Gasteiger partial charge on any atom is -0.494 e. The van der Waals surface area contributed by atoms with Gasteiger partial charge in [0, 0.05) is 32.2 Å². The second-order valence-corrected chi connectivity index (χ2v) is 6.44. The van der Waals surface area contributed by atoms with E-state index < -0.39 is 0 Å². The van der Waals surface area contributed by atoms with Crippen LogP contribution in [0.1, 0.15) is 37.4 Å². The lowest BCUT2D eigenvalue weighted by Crippen LogP contribution is -2.35. The van der Waals surface area contributed by atoms with Crippen molar-refractivity contribution in [1.82, 2.24) is 10.2 Å². The van der Waals surface area contributed by atoms with Crippen LogP contribution in [0.15, 0.2) is 18.2 Å². The van der Waals surface area contributed by atoms with E-state index in [1.54, 1.807) is 12.0 Å². The molecule has 2 rings (SSSR count). The average molecular weight is 348 g/mol. The summed E-state index contributed by atoms with van der Waals surface area (Å²) in [6.07, 6.45) is 0.258. The fourth-order valence-corrected chi connectivity index (χ4v) is 3.07. The van der Waals surface area contributed by atoms with Crippen LogP contribution in [0.2, 0.25) is 0 Å². The zero-order valence-corrected chi connectivity index (χ0v) is 15.5. The van der Waals surface area contributed by atoms with Crippen molar-refractivity contribution in [2.75, 3.05) is 33.4 Å². The predicted octanol–water partition coefficient (Wildman–Crippen LogP) is 2.07. The molecule has 2 unspecified atom stereocenters. The molecule has 6 heteroatoms. The van der Waals surface area contributed by atoms with Gasteiger partial charge in [0.15, 0.2) is 0 Å². The van der Waals surface area contributed by atoms with Gasteiger partial charge in [-0.05, 0) is 26.8 Å². The van der Waals surface area contributed by atoms with E-state index in [9.17, 15) is 9.59 Å². The van der Waals surface area contributed by atoms with Crippen molar-refractivity contribution in [2.24, 2.45) is 5.92 Å². The van der Waals surface area contributed by atoms with Gasteiger partial charge in [0.1, 0.15) is 5.75 Å². The molecule has 0 saturated carbocycles. The average Bonchev–Trinajstić information content (AvgIpc) is 2.95. The van der Waals surface area contributed by atoms with Gasteiger partial charge >= 0.3 is 0 Å². The molecule has 2 amide bonds. The molecule has 0 aromatic heterocycles. The molecule has 0 bridgehead atoms. The van der Waals surface area contributed by atoms with Crippen LogP contribution < -0.4 is 10.1 Å². The van der Waals surface area contributed by atoms with Crippen molar-refractivity contribution < 1.29 is 19.1 Å². The number of likely N-dealkylation sites (tertiary alicyclic amines) is 1. The first-order valence-electron chi connectivity index (χ1n) is 8.76. The van der Waals surface area contributed by atoms with Gasteiger partial charge in [0.05, 0.1) is 25.2 Å². The van der Waals surface area contributed by atoms with Crippen LogP contribution in [-0.4, -0.2) is 50.1 Å². The van der Waals surface area contributed by atoms with Gasteiger partial charge in [-0.15, -0.1) is 0 Å². The number of nitrogens with one attached hydrogen (secondary N) is 1. The largest absolute Gasteiger partial charge is 0.494 e. The van der Waals surface area contributed by atoms with Gasteiger partial charge in [-0.1, -0.05) is 17.7 Å². The number of benzene rings is 1. The molecule has 1 fully saturated rings. The number of hydrogen-bond acceptors (Lipinski definition) is 4. The summed E-state index contributed by atoms with van der Waals surface area (Å²) in [5, 5.41) is 3.03. The van der Waals surface area contributed by atoms with E-state index >= 15 is 0 Å². The number of aryl methyl sites for hydroxylation is 1. The molecule has 1 aromatic rings. The molecule has 6 nitrogen and oxygen atoms in total. The lowest BCUT2D eigenvalue weighted by molar-refractivity contribution is -0.129. The van der Waals surface area contributed by atoms with Crippen LogP contribution in [0, 0.1) is 12.8 Å². The number of ether oxygens (including phenoxy) is 2. The zero-order chi connectivity index (χ0) is 18.4. The number of methoxy groups -OCH3 is 1. The van der Waals surface area contributed by atoms with Gasteiger partial charge in [-0.3, -0.25) is 9.59 Å². The second-order valence-electron chi connectivity index (χ2n) is 6.44. The summed E-state index contributed by atoms with van der Waals surface area (Å²) >= 11 is 0. The van der Waals surface area contributed by atoms with Crippen molar-refractivity contribution in [3.05, 3.63) is 29.3 Å². The van der Waals surface area contributed by atoms with E-state index in [-0.39, 0.29) is 30.2 Å². The number of amides is 2. The van der Waals surface area contributed by atoms with Gasteiger partial charge in [-0.2, -0.15) is 0 Å². The van der Waals surface area contributed by atoms with E-state index in [0.717, 1.165) is 16.9 Å². The zero-order valence-electron chi connectivity index (χ0n) is 15.5. The van der Waals surface area contributed by atoms with Crippen molar-refractivity contribution in [3.8, 4) is 5.75 Å². The molecule has 1 saturated heterocycles. The van der Waals surface area contributed by atoms with Crippen LogP contribution in [0.3, 0.4) is 0 Å². The molecule has 0 aliphatic carbocycles. The highest BCUT2D eigenvalue weighted by atomic mass is 16.5. The summed E-state index contributed by atoms with van der Waals surface area (Å²) in [6.45, 7) is 7.92. The SMILES string of the molecule is CCOc1ccc(C)cc1C(C)NC(=O)C1CC(=O)N(CCOC)C1. The highest BCUT2D eigenvalue weighted by molar-refractivity contribution is 5.89. The number of nitrogens with zero attached hydrogens (tertiary/aromatic N) is 1.